The molecule has 1 aromatic carbocycles. The molecule has 6 heteroatoms. The molecule has 27 heavy (non-hydrogen) atoms. The minimum absolute atomic E-state index is 0.0493. The van der Waals surface area contributed by atoms with Crippen molar-refractivity contribution < 1.29 is 9.59 Å². The first-order chi connectivity index (χ1) is 13.1. The lowest BCUT2D eigenvalue weighted by Gasteiger charge is -2.36. The molecule has 1 fully saturated rings. The van der Waals surface area contributed by atoms with E-state index in [0.717, 1.165) is 32.5 Å². The van der Waals surface area contributed by atoms with Gasteiger partial charge in [-0.05, 0) is 30.5 Å². The van der Waals surface area contributed by atoms with Gasteiger partial charge in [-0.25, -0.2) is 0 Å². The van der Waals surface area contributed by atoms with Crippen LogP contribution in [0.15, 0.2) is 48.7 Å². The lowest BCUT2D eigenvalue weighted by molar-refractivity contribution is -0.127. The van der Waals surface area contributed by atoms with Crippen molar-refractivity contribution in [3.63, 3.8) is 0 Å². The first-order valence-electron chi connectivity index (χ1n) is 9.61. The average Bonchev–Trinajstić information content (AvgIpc) is 3.16. The number of nitrogens with zero attached hydrogens (tertiary/aromatic N) is 3. The van der Waals surface area contributed by atoms with Crippen LogP contribution in [0.3, 0.4) is 0 Å². The van der Waals surface area contributed by atoms with Gasteiger partial charge in [0.05, 0.1) is 6.54 Å². The highest BCUT2D eigenvalue weighted by molar-refractivity contribution is 5.97. The zero-order valence-corrected chi connectivity index (χ0v) is 15.7. The molecule has 0 saturated carbocycles. The maximum absolute atomic E-state index is 12.8. The van der Waals surface area contributed by atoms with Gasteiger partial charge in [-0.2, -0.15) is 0 Å². The van der Waals surface area contributed by atoms with Crippen LogP contribution in [0.5, 0.6) is 0 Å². The number of fused-ring (bicyclic) bond motifs is 1. The Bertz CT molecular complexity index is 809. The van der Waals surface area contributed by atoms with Crippen molar-refractivity contribution in [3.05, 3.63) is 59.9 Å². The van der Waals surface area contributed by atoms with Gasteiger partial charge in [0.2, 0.25) is 5.91 Å². The van der Waals surface area contributed by atoms with E-state index >= 15 is 0 Å². The summed E-state index contributed by atoms with van der Waals surface area (Å²) < 4.78 is 1.87. The van der Waals surface area contributed by atoms with E-state index in [-0.39, 0.29) is 17.9 Å². The van der Waals surface area contributed by atoms with Crippen molar-refractivity contribution in [2.45, 2.75) is 38.0 Å². The summed E-state index contributed by atoms with van der Waals surface area (Å²) in [5.41, 5.74) is 1.97. The molecule has 3 heterocycles. The fraction of sp³-hybridized carbons (Fsp3) is 0.429. The van der Waals surface area contributed by atoms with Crippen LogP contribution in [-0.4, -0.2) is 58.4 Å². The Hall–Kier alpha value is -2.60. The number of amides is 2. The van der Waals surface area contributed by atoms with E-state index in [2.05, 4.69) is 34.5 Å². The summed E-state index contributed by atoms with van der Waals surface area (Å²) in [5, 5.41) is 3.17. The predicted octanol–water partition coefficient (Wildman–Crippen LogP) is 1.72. The van der Waals surface area contributed by atoms with Crippen molar-refractivity contribution in [2.75, 3.05) is 20.1 Å². The molecule has 2 aliphatic rings. The maximum atomic E-state index is 12.8. The van der Waals surface area contributed by atoms with E-state index in [9.17, 15) is 9.59 Å². The van der Waals surface area contributed by atoms with Crippen molar-refractivity contribution in [1.82, 2.24) is 19.7 Å². The Morgan fingerprint density at radius 3 is 2.59 bits per heavy atom. The number of rotatable bonds is 4. The Morgan fingerprint density at radius 1 is 1.11 bits per heavy atom. The third-order valence-corrected chi connectivity index (χ3v) is 5.69. The largest absolute Gasteiger partial charge is 0.351 e. The van der Waals surface area contributed by atoms with E-state index in [0.29, 0.717) is 12.2 Å². The molecule has 1 N–H and O–H groups in total. The average molecular weight is 366 g/mol. The van der Waals surface area contributed by atoms with E-state index in [4.69, 9.17) is 0 Å². The summed E-state index contributed by atoms with van der Waals surface area (Å²) in [6.45, 7) is 3.42. The second-order valence-electron chi connectivity index (χ2n) is 7.52. The molecule has 4 rings (SSSR count). The summed E-state index contributed by atoms with van der Waals surface area (Å²) in [6.07, 6.45) is 3.75. The molecule has 0 spiro atoms. The lowest BCUT2D eigenvalue weighted by atomic mass is 10.0. The molecule has 2 amide bonds. The van der Waals surface area contributed by atoms with Crippen LogP contribution in [0.2, 0.25) is 0 Å². The van der Waals surface area contributed by atoms with Crippen LogP contribution in [0.1, 0.15) is 28.9 Å². The lowest BCUT2D eigenvalue weighted by Crippen LogP contribution is -2.56. The number of likely N-dealkylation sites (tertiary alicyclic amines) is 1. The smallest absolute Gasteiger partial charge is 0.270 e. The second-order valence-corrected chi connectivity index (χ2v) is 7.52. The molecule has 142 valence electrons. The van der Waals surface area contributed by atoms with Crippen LogP contribution >= 0.6 is 0 Å². The highest BCUT2D eigenvalue weighted by atomic mass is 16.2. The molecule has 2 aliphatic heterocycles. The highest BCUT2D eigenvalue weighted by Gasteiger charge is 2.35. The fourth-order valence-electron chi connectivity index (χ4n) is 4.03. The molecular formula is C21H26N4O2. The number of benzene rings is 1. The summed E-state index contributed by atoms with van der Waals surface area (Å²) in [6, 6.07) is 13.9. The number of hydrogen-bond donors (Lipinski definition) is 1. The van der Waals surface area contributed by atoms with Gasteiger partial charge in [0.25, 0.3) is 5.91 Å². The molecule has 1 unspecified atom stereocenters. The monoisotopic (exact) mass is 366 g/mol. The Morgan fingerprint density at radius 2 is 1.85 bits per heavy atom. The molecule has 1 atom stereocenters. The first-order valence-corrected chi connectivity index (χ1v) is 9.61. The zero-order chi connectivity index (χ0) is 18.8. The van der Waals surface area contributed by atoms with Crippen LogP contribution in [0.4, 0.5) is 0 Å². The zero-order valence-electron chi connectivity index (χ0n) is 15.7. The van der Waals surface area contributed by atoms with E-state index in [1.54, 1.807) is 18.0 Å². The van der Waals surface area contributed by atoms with E-state index < -0.39 is 6.04 Å². The van der Waals surface area contributed by atoms with Gasteiger partial charge in [-0.15, -0.1) is 0 Å². The van der Waals surface area contributed by atoms with Crippen LogP contribution in [0, 0.1) is 0 Å². The van der Waals surface area contributed by atoms with Gasteiger partial charge in [-0.3, -0.25) is 14.5 Å². The molecule has 0 aliphatic carbocycles. The van der Waals surface area contributed by atoms with Gasteiger partial charge in [0, 0.05) is 38.9 Å². The van der Waals surface area contributed by atoms with E-state index in [1.165, 1.54) is 5.56 Å². The SMILES string of the molecule is CN1C(=O)c2cccn2CC1C(=O)NC1CCN(Cc2ccccc2)CC1. The minimum Gasteiger partial charge on any atom is -0.351 e. The number of carbonyl (C=O) groups is 2. The Kier molecular flexibility index (Phi) is 4.99. The molecule has 0 bridgehead atoms. The van der Waals surface area contributed by atoms with Gasteiger partial charge in [0.15, 0.2) is 0 Å². The summed E-state index contributed by atoms with van der Waals surface area (Å²) in [7, 11) is 1.71. The number of hydrogen-bond acceptors (Lipinski definition) is 3. The van der Waals surface area contributed by atoms with Crippen molar-refractivity contribution in [3.8, 4) is 0 Å². The Balaban J connectivity index is 1.30. The third kappa shape index (κ3) is 3.76. The van der Waals surface area contributed by atoms with Crippen LogP contribution in [-0.2, 0) is 17.9 Å². The fourth-order valence-corrected chi connectivity index (χ4v) is 4.03. The van der Waals surface area contributed by atoms with Crippen molar-refractivity contribution >= 4 is 11.8 Å². The van der Waals surface area contributed by atoms with Gasteiger partial charge in [-0.1, -0.05) is 30.3 Å². The number of likely N-dealkylation sites (N-methyl/N-ethyl adjacent to an activating group) is 1. The van der Waals surface area contributed by atoms with Crippen LogP contribution < -0.4 is 5.32 Å². The minimum atomic E-state index is -0.445. The van der Waals surface area contributed by atoms with E-state index in [1.807, 2.05) is 22.9 Å². The number of aromatic nitrogens is 1. The quantitative estimate of drug-likeness (QED) is 0.897. The number of nitrogens with one attached hydrogen (secondary N) is 1. The number of piperidine rings is 1. The Labute approximate surface area is 159 Å². The van der Waals surface area contributed by atoms with Crippen molar-refractivity contribution in [1.29, 1.82) is 0 Å². The molecular weight excluding hydrogens is 340 g/mol. The molecule has 0 radical (unpaired) electrons. The number of carbonyl (C=O) groups excluding carboxylic acids is 2. The molecule has 1 aromatic heterocycles. The van der Waals surface area contributed by atoms with Crippen molar-refractivity contribution in [2.24, 2.45) is 0 Å². The standard InChI is InChI=1S/C21H26N4O2/c1-23-19(15-25-11-5-8-18(25)21(23)27)20(26)22-17-9-12-24(13-10-17)14-16-6-3-2-4-7-16/h2-8,11,17,19H,9-10,12-15H2,1H3,(H,22,26). The summed E-state index contributed by atoms with van der Waals surface area (Å²) in [4.78, 5) is 29.2. The third-order valence-electron chi connectivity index (χ3n) is 5.69. The van der Waals surface area contributed by atoms with Gasteiger partial charge < -0.3 is 14.8 Å². The topological polar surface area (TPSA) is 57.6 Å². The predicted molar refractivity (Wildman–Crippen MR) is 103 cm³/mol. The summed E-state index contributed by atoms with van der Waals surface area (Å²) in [5.74, 6) is -0.143. The normalized spacial score (nSPS) is 21.1. The first kappa shape index (κ1) is 17.8. The molecule has 6 nitrogen and oxygen atoms in total. The van der Waals surface area contributed by atoms with Gasteiger partial charge in [0.1, 0.15) is 11.7 Å². The van der Waals surface area contributed by atoms with Gasteiger partial charge >= 0.3 is 0 Å². The molecule has 2 aromatic rings. The molecule has 1 saturated heterocycles. The summed E-state index contributed by atoms with van der Waals surface area (Å²) >= 11 is 0. The maximum Gasteiger partial charge on any atom is 0.270 e. The van der Waals surface area contributed by atoms with Crippen LogP contribution in [0.25, 0.3) is 0 Å². The highest BCUT2D eigenvalue weighted by Crippen LogP contribution is 2.18. The second kappa shape index (κ2) is 7.56.